The van der Waals surface area contributed by atoms with Crippen molar-refractivity contribution >= 4 is 11.6 Å². The third kappa shape index (κ3) is 1.23. The van der Waals surface area contributed by atoms with Gasteiger partial charge in [0.05, 0.1) is 29.5 Å². The van der Waals surface area contributed by atoms with Crippen LogP contribution in [0.25, 0.3) is 0 Å². The van der Waals surface area contributed by atoms with E-state index in [1.807, 2.05) is 15.8 Å². The molecule has 0 bridgehead atoms. The molecule has 3 heterocycles. The summed E-state index contributed by atoms with van der Waals surface area (Å²) in [6, 6.07) is 0. The van der Waals surface area contributed by atoms with E-state index in [-0.39, 0.29) is 5.41 Å². The zero-order valence-electron chi connectivity index (χ0n) is 9.78. The summed E-state index contributed by atoms with van der Waals surface area (Å²) >= 11 is 0. The van der Waals surface area contributed by atoms with Crippen LogP contribution in [-0.2, 0) is 17.9 Å². The van der Waals surface area contributed by atoms with Crippen LogP contribution in [0.2, 0.25) is 0 Å². The molecule has 5 nitrogen and oxygen atoms in total. The van der Waals surface area contributed by atoms with Gasteiger partial charge < -0.3 is 10.2 Å². The molecular formula is C12H16N4O. The van der Waals surface area contributed by atoms with Crippen molar-refractivity contribution in [1.82, 2.24) is 15.1 Å². The SMILES string of the molecule is O=C1N(c2cnn3c2CNCC3)CCC12CC2. The van der Waals surface area contributed by atoms with Crippen LogP contribution in [-0.4, -0.2) is 28.8 Å². The molecule has 1 N–H and O–H groups in total. The van der Waals surface area contributed by atoms with E-state index in [0.29, 0.717) is 5.91 Å². The second kappa shape index (κ2) is 3.10. The zero-order valence-corrected chi connectivity index (χ0v) is 9.78. The third-order valence-corrected chi connectivity index (χ3v) is 4.38. The molecule has 1 saturated carbocycles. The number of carbonyl (C=O) groups excluding carboxylic acids is 1. The number of anilines is 1. The van der Waals surface area contributed by atoms with Gasteiger partial charge in [-0.15, -0.1) is 0 Å². The maximum Gasteiger partial charge on any atom is 0.233 e. The van der Waals surface area contributed by atoms with E-state index in [1.54, 1.807) is 0 Å². The van der Waals surface area contributed by atoms with Gasteiger partial charge in [0, 0.05) is 19.6 Å². The molecule has 90 valence electrons. The van der Waals surface area contributed by atoms with Crippen molar-refractivity contribution in [2.75, 3.05) is 18.0 Å². The molecule has 0 unspecified atom stereocenters. The fourth-order valence-corrected chi connectivity index (χ4v) is 3.06. The summed E-state index contributed by atoms with van der Waals surface area (Å²) in [6.07, 6.45) is 5.07. The Morgan fingerprint density at radius 3 is 2.94 bits per heavy atom. The first kappa shape index (κ1) is 9.65. The maximum absolute atomic E-state index is 12.3. The summed E-state index contributed by atoms with van der Waals surface area (Å²) in [4.78, 5) is 14.3. The summed E-state index contributed by atoms with van der Waals surface area (Å²) in [5.74, 6) is 0.332. The van der Waals surface area contributed by atoms with Gasteiger partial charge in [0.15, 0.2) is 0 Å². The molecule has 17 heavy (non-hydrogen) atoms. The zero-order chi connectivity index (χ0) is 11.5. The van der Waals surface area contributed by atoms with Crippen LogP contribution in [0.5, 0.6) is 0 Å². The number of rotatable bonds is 1. The molecule has 1 saturated heterocycles. The molecule has 1 aliphatic carbocycles. The molecule has 0 radical (unpaired) electrons. The van der Waals surface area contributed by atoms with Gasteiger partial charge in [-0.2, -0.15) is 5.10 Å². The Morgan fingerprint density at radius 2 is 2.18 bits per heavy atom. The topological polar surface area (TPSA) is 50.2 Å². The van der Waals surface area contributed by atoms with Crippen molar-refractivity contribution in [3.05, 3.63) is 11.9 Å². The summed E-state index contributed by atoms with van der Waals surface area (Å²) in [5, 5.41) is 7.73. The largest absolute Gasteiger partial charge is 0.309 e. The van der Waals surface area contributed by atoms with E-state index < -0.39 is 0 Å². The highest BCUT2D eigenvalue weighted by atomic mass is 16.2. The Balaban J connectivity index is 1.71. The van der Waals surface area contributed by atoms with Crippen LogP contribution in [0.3, 0.4) is 0 Å². The van der Waals surface area contributed by atoms with Gasteiger partial charge in [0.2, 0.25) is 5.91 Å². The summed E-state index contributed by atoms with van der Waals surface area (Å²) in [5.41, 5.74) is 2.23. The Bertz CT molecular complexity index is 489. The highest BCUT2D eigenvalue weighted by Crippen LogP contribution is 2.54. The number of fused-ring (bicyclic) bond motifs is 1. The van der Waals surface area contributed by atoms with Crippen LogP contribution >= 0.6 is 0 Å². The quantitative estimate of drug-likeness (QED) is 0.767. The van der Waals surface area contributed by atoms with Gasteiger partial charge in [0.1, 0.15) is 0 Å². The summed E-state index contributed by atoms with van der Waals surface area (Å²) in [7, 11) is 0. The molecular weight excluding hydrogens is 216 g/mol. The van der Waals surface area contributed by atoms with Gasteiger partial charge in [-0.3, -0.25) is 9.48 Å². The monoisotopic (exact) mass is 232 g/mol. The second-order valence-electron chi connectivity index (χ2n) is 5.36. The van der Waals surface area contributed by atoms with E-state index in [9.17, 15) is 4.79 Å². The van der Waals surface area contributed by atoms with Gasteiger partial charge in [0.25, 0.3) is 0 Å². The normalized spacial score (nSPS) is 25.4. The highest BCUT2D eigenvalue weighted by molar-refractivity contribution is 6.01. The molecule has 2 fully saturated rings. The Kier molecular flexibility index (Phi) is 1.76. The molecule has 3 aliphatic rings. The average molecular weight is 232 g/mol. The maximum atomic E-state index is 12.3. The minimum Gasteiger partial charge on any atom is -0.309 e. The van der Waals surface area contributed by atoms with Gasteiger partial charge in [-0.1, -0.05) is 0 Å². The van der Waals surface area contributed by atoms with Crippen molar-refractivity contribution in [3.63, 3.8) is 0 Å². The van der Waals surface area contributed by atoms with Gasteiger partial charge in [-0.05, 0) is 19.3 Å². The predicted molar refractivity (Wildman–Crippen MR) is 62.6 cm³/mol. The Labute approximate surface area is 99.8 Å². The molecule has 0 atom stereocenters. The number of nitrogens with zero attached hydrogens (tertiary/aromatic N) is 3. The van der Waals surface area contributed by atoms with E-state index in [0.717, 1.165) is 51.1 Å². The lowest BCUT2D eigenvalue weighted by molar-refractivity contribution is -0.121. The van der Waals surface area contributed by atoms with Crippen molar-refractivity contribution < 1.29 is 4.79 Å². The number of hydrogen-bond donors (Lipinski definition) is 1. The molecule has 4 rings (SSSR count). The molecule has 1 amide bonds. The lowest BCUT2D eigenvalue weighted by Crippen LogP contribution is -2.32. The van der Waals surface area contributed by atoms with Crippen molar-refractivity contribution in [3.8, 4) is 0 Å². The van der Waals surface area contributed by atoms with Crippen LogP contribution in [0.1, 0.15) is 25.0 Å². The van der Waals surface area contributed by atoms with Gasteiger partial charge in [-0.25, -0.2) is 0 Å². The first-order valence-corrected chi connectivity index (χ1v) is 6.38. The van der Waals surface area contributed by atoms with Gasteiger partial charge >= 0.3 is 0 Å². The summed E-state index contributed by atoms with van der Waals surface area (Å²) < 4.78 is 2.02. The number of aromatic nitrogens is 2. The van der Waals surface area contributed by atoms with Crippen LogP contribution in [0.15, 0.2) is 6.20 Å². The number of amides is 1. The minimum atomic E-state index is 0.0247. The lowest BCUT2D eigenvalue weighted by Gasteiger charge is -2.20. The first-order valence-electron chi connectivity index (χ1n) is 6.38. The minimum absolute atomic E-state index is 0.0247. The third-order valence-electron chi connectivity index (χ3n) is 4.38. The highest BCUT2D eigenvalue weighted by Gasteiger charge is 2.56. The van der Waals surface area contributed by atoms with E-state index >= 15 is 0 Å². The number of hydrogen-bond acceptors (Lipinski definition) is 3. The van der Waals surface area contributed by atoms with Crippen molar-refractivity contribution in [2.24, 2.45) is 5.41 Å². The van der Waals surface area contributed by atoms with E-state index in [4.69, 9.17) is 0 Å². The second-order valence-corrected chi connectivity index (χ2v) is 5.36. The van der Waals surface area contributed by atoms with Crippen LogP contribution < -0.4 is 10.2 Å². The van der Waals surface area contributed by atoms with Crippen LogP contribution in [0.4, 0.5) is 5.69 Å². The standard InChI is InChI=1S/C12H16N4O/c17-11-12(1-2-12)3-5-15(11)9-8-14-16-6-4-13-7-10(9)16/h8,13H,1-7H2. The van der Waals surface area contributed by atoms with E-state index in [2.05, 4.69) is 10.4 Å². The summed E-state index contributed by atoms with van der Waals surface area (Å²) in [6.45, 7) is 3.57. The predicted octanol–water partition coefficient (Wildman–Crippen LogP) is 0.503. The fourth-order valence-electron chi connectivity index (χ4n) is 3.06. The first-order chi connectivity index (χ1) is 8.30. The molecule has 0 aromatic carbocycles. The Hall–Kier alpha value is -1.36. The molecule has 1 aromatic rings. The molecule has 1 spiro atoms. The molecule has 5 heteroatoms. The average Bonchev–Trinajstić information content (AvgIpc) is 2.93. The fraction of sp³-hybridized carbons (Fsp3) is 0.667. The van der Waals surface area contributed by atoms with Crippen molar-refractivity contribution in [1.29, 1.82) is 0 Å². The molecule has 1 aromatic heterocycles. The molecule has 2 aliphatic heterocycles. The number of nitrogens with one attached hydrogen (secondary N) is 1. The lowest BCUT2D eigenvalue weighted by atomic mass is 10.1. The van der Waals surface area contributed by atoms with Crippen molar-refractivity contribution in [2.45, 2.75) is 32.4 Å². The van der Waals surface area contributed by atoms with E-state index in [1.165, 1.54) is 5.69 Å². The number of carbonyl (C=O) groups is 1. The smallest absolute Gasteiger partial charge is 0.233 e. The van der Waals surface area contributed by atoms with Crippen LogP contribution in [0, 0.1) is 5.41 Å². The Morgan fingerprint density at radius 1 is 1.29 bits per heavy atom.